The molecule has 154 valence electrons. The standard InChI is InChI=1S/C21H17F3N4OS/c1-12-25-15(11-30-12)10-18(29)28-19(13-5-3-2-4-6-13)14-7-8-16-17(9-14)27-20(26-16)21(22,23)24/h2-9,11,19H,10H2,1H3,(H,26,27)(H,28,29)/t19-/m1/s1. The van der Waals surface area contributed by atoms with Crippen LogP contribution in [-0.2, 0) is 17.4 Å². The highest BCUT2D eigenvalue weighted by Crippen LogP contribution is 2.30. The van der Waals surface area contributed by atoms with Crippen LogP contribution in [0, 0.1) is 6.92 Å². The van der Waals surface area contributed by atoms with E-state index in [1.165, 1.54) is 17.4 Å². The van der Waals surface area contributed by atoms with Crippen molar-refractivity contribution in [3.63, 3.8) is 0 Å². The molecular weight excluding hydrogens is 413 g/mol. The molecule has 0 radical (unpaired) electrons. The molecule has 1 amide bonds. The van der Waals surface area contributed by atoms with Gasteiger partial charge in [-0.05, 0) is 30.2 Å². The van der Waals surface area contributed by atoms with Crippen molar-refractivity contribution in [1.29, 1.82) is 0 Å². The van der Waals surface area contributed by atoms with Gasteiger partial charge in [-0.2, -0.15) is 13.2 Å². The van der Waals surface area contributed by atoms with E-state index in [-0.39, 0.29) is 23.4 Å². The second-order valence-corrected chi connectivity index (χ2v) is 7.87. The van der Waals surface area contributed by atoms with Crippen LogP contribution in [0.1, 0.15) is 33.7 Å². The zero-order valence-electron chi connectivity index (χ0n) is 15.8. The Kier molecular flexibility index (Phi) is 5.29. The maximum atomic E-state index is 13.0. The molecule has 4 aromatic rings. The number of halogens is 3. The molecule has 0 aliphatic carbocycles. The lowest BCUT2D eigenvalue weighted by Gasteiger charge is -2.20. The summed E-state index contributed by atoms with van der Waals surface area (Å²) in [5.41, 5.74) is 2.61. The zero-order chi connectivity index (χ0) is 21.3. The molecule has 2 N–H and O–H groups in total. The van der Waals surface area contributed by atoms with Gasteiger partial charge in [-0.3, -0.25) is 4.79 Å². The molecule has 5 nitrogen and oxygen atoms in total. The van der Waals surface area contributed by atoms with Gasteiger partial charge in [0.25, 0.3) is 0 Å². The smallest absolute Gasteiger partial charge is 0.345 e. The van der Waals surface area contributed by atoms with Crippen molar-refractivity contribution in [3.8, 4) is 0 Å². The van der Waals surface area contributed by atoms with E-state index in [1.807, 2.05) is 42.6 Å². The summed E-state index contributed by atoms with van der Waals surface area (Å²) in [5, 5.41) is 5.69. The Bertz CT molecular complexity index is 1180. The van der Waals surface area contributed by atoms with Crippen LogP contribution in [0.5, 0.6) is 0 Å². The minimum atomic E-state index is -4.56. The number of H-pyrrole nitrogens is 1. The number of imidazole rings is 1. The SMILES string of the molecule is Cc1nc(CC(=O)N[C@H](c2ccccc2)c2ccc3nc(C(F)(F)F)[nH]c3c2)cs1. The van der Waals surface area contributed by atoms with Gasteiger partial charge in [0.1, 0.15) is 0 Å². The van der Waals surface area contributed by atoms with Crippen molar-refractivity contribution in [2.24, 2.45) is 0 Å². The predicted octanol–water partition coefficient (Wildman–Crippen LogP) is 4.79. The summed E-state index contributed by atoms with van der Waals surface area (Å²) in [6.07, 6.45) is -4.43. The summed E-state index contributed by atoms with van der Waals surface area (Å²) in [6.45, 7) is 1.87. The molecule has 2 aromatic heterocycles. The summed E-state index contributed by atoms with van der Waals surface area (Å²) in [4.78, 5) is 22.9. The summed E-state index contributed by atoms with van der Waals surface area (Å²) in [7, 11) is 0. The third kappa shape index (κ3) is 4.35. The molecule has 0 bridgehead atoms. The molecule has 0 unspecified atom stereocenters. The van der Waals surface area contributed by atoms with E-state index in [0.717, 1.165) is 10.6 Å². The lowest BCUT2D eigenvalue weighted by Crippen LogP contribution is -2.30. The van der Waals surface area contributed by atoms with Gasteiger partial charge in [0.2, 0.25) is 11.7 Å². The fraction of sp³-hybridized carbons (Fsp3) is 0.190. The van der Waals surface area contributed by atoms with E-state index in [2.05, 4.69) is 20.3 Å². The van der Waals surface area contributed by atoms with Gasteiger partial charge in [-0.1, -0.05) is 36.4 Å². The molecule has 0 saturated carbocycles. The Hall–Kier alpha value is -3.20. The lowest BCUT2D eigenvalue weighted by molar-refractivity contribution is -0.144. The predicted molar refractivity (Wildman–Crippen MR) is 108 cm³/mol. The quantitative estimate of drug-likeness (QED) is 0.478. The first-order chi connectivity index (χ1) is 14.3. The van der Waals surface area contributed by atoms with E-state index in [0.29, 0.717) is 11.3 Å². The third-order valence-corrected chi connectivity index (χ3v) is 5.38. The van der Waals surface area contributed by atoms with Crippen LogP contribution in [0.2, 0.25) is 0 Å². The van der Waals surface area contributed by atoms with Crippen molar-refractivity contribution in [2.75, 3.05) is 0 Å². The average Bonchev–Trinajstić information content (AvgIpc) is 3.32. The first kappa shape index (κ1) is 20.1. The summed E-state index contributed by atoms with van der Waals surface area (Å²) in [5.74, 6) is -1.27. The van der Waals surface area contributed by atoms with Gasteiger partial charge in [-0.15, -0.1) is 11.3 Å². The third-order valence-electron chi connectivity index (χ3n) is 4.55. The number of hydrogen-bond acceptors (Lipinski definition) is 4. The molecule has 9 heteroatoms. The van der Waals surface area contributed by atoms with Crippen LogP contribution in [0.3, 0.4) is 0 Å². The van der Waals surface area contributed by atoms with Crippen molar-refractivity contribution in [3.05, 3.63) is 81.6 Å². The van der Waals surface area contributed by atoms with Gasteiger partial charge in [0.05, 0.1) is 34.2 Å². The molecule has 0 aliphatic rings. The minimum Gasteiger partial charge on any atom is -0.345 e. The van der Waals surface area contributed by atoms with Crippen LogP contribution in [0.15, 0.2) is 53.9 Å². The Morgan fingerprint density at radius 1 is 1.13 bits per heavy atom. The molecule has 0 saturated heterocycles. The number of thiazole rings is 1. The lowest BCUT2D eigenvalue weighted by atomic mass is 9.98. The summed E-state index contributed by atoms with van der Waals surface area (Å²) >= 11 is 1.47. The number of carbonyl (C=O) groups is 1. The van der Waals surface area contributed by atoms with Crippen molar-refractivity contribution in [1.82, 2.24) is 20.3 Å². The molecular formula is C21H17F3N4OS. The summed E-state index contributed by atoms with van der Waals surface area (Å²) < 4.78 is 38.9. The monoisotopic (exact) mass is 430 g/mol. The van der Waals surface area contributed by atoms with Crippen LogP contribution >= 0.6 is 11.3 Å². The van der Waals surface area contributed by atoms with E-state index in [9.17, 15) is 18.0 Å². The summed E-state index contributed by atoms with van der Waals surface area (Å²) in [6, 6.07) is 13.5. The Morgan fingerprint density at radius 2 is 1.90 bits per heavy atom. The number of amides is 1. The normalized spacial score (nSPS) is 12.8. The van der Waals surface area contributed by atoms with E-state index in [4.69, 9.17) is 0 Å². The number of aromatic amines is 1. The first-order valence-electron chi connectivity index (χ1n) is 9.12. The van der Waals surface area contributed by atoms with Gasteiger partial charge in [0.15, 0.2) is 0 Å². The Morgan fingerprint density at radius 3 is 2.57 bits per heavy atom. The van der Waals surface area contributed by atoms with E-state index < -0.39 is 18.0 Å². The van der Waals surface area contributed by atoms with Gasteiger partial charge in [-0.25, -0.2) is 9.97 Å². The second-order valence-electron chi connectivity index (χ2n) is 6.81. The molecule has 2 aromatic carbocycles. The molecule has 1 atom stereocenters. The molecule has 30 heavy (non-hydrogen) atoms. The van der Waals surface area contributed by atoms with Crippen LogP contribution in [0.4, 0.5) is 13.2 Å². The van der Waals surface area contributed by atoms with Crippen molar-refractivity contribution < 1.29 is 18.0 Å². The molecule has 2 heterocycles. The number of aromatic nitrogens is 3. The van der Waals surface area contributed by atoms with E-state index in [1.54, 1.807) is 12.1 Å². The number of rotatable bonds is 5. The van der Waals surface area contributed by atoms with Crippen LogP contribution in [0.25, 0.3) is 11.0 Å². The largest absolute Gasteiger partial charge is 0.449 e. The van der Waals surface area contributed by atoms with Crippen molar-refractivity contribution in [2.45, 2.75) is 25.6 Å². The highest BCUT2D eigenvalue weighted by molar-refractivity contribution is 7.09. The number of aryl methyl sites for hydroxylation is 1. The maximum Gasteiger partial charge on any atom is 0.449 e. The van der Waals surface area contributed by atoms with Crippen molar-refractivity contribution >= 4 is 28.3 Å². The second kappa shape index (κ2) is 7.91. The van der Waals surface area contributed by atoms with Crippen LogP contribution in [-0.4, -0.2) is 20.9 Å². The van der Waals surface area contributed by atoms with E-state index >= 15 is 0 Å². The highest BCUT2D eigenvalue weighted by atomic mass is 32.1. The molecule has 4 rings (SSSR count). The number of carbonyl (C=O) groups excluding carboxylic acids is 1. The van der Waals surface area contributed by atoms with Gasteiger partial charge >= 0.3 is 6.18 Å². The maximum absolute atomic E-state index is 13.0. The number of benzene rings is 2. The average molecular weight is 430 g/mol. The fourth-order valence-corrected chi connectivity index (χ4v) is 3.82. The highest BCUT2D eigenvalue weighted by Gasteiger charge is 2.34. The zero-order valence-corrected chi connectivity index (χ0v) is 16.6. The first-order valence-corrected chi connectivity index (χ1v) is 10.00. The topological polar surface area (TPSA) is 70.7 Å². The number of nitrogens with one attached hydrogen (secondary N) is 2. The number of nitrogens with zero attached hydrogens (tertiary/aromatic N) is 2. The minimum absolute atomic E-state index is 0.123. The van der Waals surface area contributed by atoms with Gasteiger partial charge in [0, 0.05) is 5.38 Å². The number of hydrogen-bond donors (Lipinski definition) is 2. The Balaban J connectivity index is 1.66. The van der Waals surface area contributed by atoms with Gasteiger partial charge < -0.3 is 10.3 Å². The molecule has 0 spiro atoms. The molecule has 0 aliphatic heterocycles. The number of fused-ring (bicyclic) bond motifs is 1. The number of alkyl halides is 3. The molecule has 0 fully saturated rings. The van der Waals surface area contributed by atoms with Crippen LogP contribution < -0.4 is 5.32 Å². The fourth-order valence-electron chi connectivity index (χ4n) is 3.21. The Labute approximate surface area is 174 Å².